The van der Waals surface area contributed by atoms with Crippen molar-refractivity contribution < 1.29 is 5.11 Å². The molecule has 0 atom stereocenters. The second-order valence-electron chi connectivity index (χ2n) is 4.88. The molecule has 0 saturated heterocycles. The maximum atomic E-state index is 9.66. The van der Waals surface area contributed by atoms with Crippen molar-refractivity contribution in [1.82, 2.24) is 9.97 Å². The number of phenolic OH excluding ortho intramolecular Hbond substituents is 1. The van der Waals surface area contributed by atoms with Crippen molar-refractivity contribution in [2.45, 2.75) is 6.92 Å². The highest BCUT2D eigenvalue weighted by molar-refractivity contribution is 6.13. The topological polar surface area (TPSA) is 48.9 Å². The molecule has 0 saturated carbocycles. The molecule has 2 heterocycles. The van der Waals surface area contributed by atoms with Crippen molar-refractivity contribution in [3.8, 4) is 5.75 Å². The lowest BCUT2D eigenvalue weighted by Gasteiger charge is -2.03. The lowest BCUT2D eigenvalue weighted by Crippen LogP contribution is -1.82. The van der Waals surface area contributed by atoms with E-state index in [1.165, 1.54) is 10.9 Å². The van der Waals surface area contributed by atoms with Crippen molar-refractivity contribution in [3.05, 3.63) is 48.3 Å². The van der Waals surface area contributed by atoms with Crippen LogP contribution in [-0.2, 0) is 0 Å². The predicted molar refractivity (Wildman–Crippen MR) is 77.5 cm³/mol. The number of nitrogens with one attached hydrogen (secondary N) is 1. The van der Waals surface area contributed by atoms with E-state index in [0.717, 1.165) is 27.2 Å². The maximum Gasteiger partial charge on any atom is 0.116 e. The first-order valence-electron chi connectivity index (χ1n) is 6.22. The molecule has 0 aliphatic carbocycles. The van der Waals surface area contributed by atoms with Crippen LogP contribution in [0.1, 0.15) is 5.56 Å². The summed E-state index contributed by atoms with van der Waals surface area (Å²) in [5.41, 5.74) is 3.38. The van der Waals surface area contributed by atoms with E-state index in [1.54, 1.807) is 12.1 Å². The minimum Gasteiger partial charge on any atom is -0.508 e. The van der Waals surface area contributed by atoms with Gasteiger partial charge in [-0.3, -0.25) is 4.98 Å². The Kier molecular flexibility index (Phi) is 1.90. The van der Waals surface area contributed by atoms with Gasteiger partial charge >= 0.3 is 0 Å². The molecule has 4 aromatic rings. The number of nitrogens with zero attached hydrogens (tertiary/aromatic N) is 1. The zero-order valence-electron chi connectivity index (χ0n) is 10.4. The number of rotatable bonds is 0. The molecule has 0 aliphatic rings. The predicted octanol–water partition coefficient (Wildman–Crippen LogP) is 3.88. The maximum absolute atomic E-state index is 9.66. The molecule has 19 heavy (non-hydrogen) atoms. The quantitative estimate of drug-likeness (QED) is 0.496. The fourth-order valence-electron chi connectivity index (χ4n) is 2.80. The average Bonchev–Trinajstić information content (AvgIpc) is 2.78. The number of aromatic nitrogens is 2. The summed E-state index contributed by atoms with van der Waals surface area (Å²) in [4.78, 5) is 7.62. The van der Waals surface area contributed by atoms with Gasteiger partial charge in [0.1, 0.15) is 5.75 Å². The zero-order valence-corrected chi connectivity index (χ0v) is 10.4. The van der Waals surface area contributed by atoms with Gasteiger partial charge in [-0.25, -0.2) is 0 Å². The molecule has 0 amide bonds. The Labute approximate surface area is 109 Å². The van der Waals surface area contributed by atoms with Gasteiger partial charge in [-0.05, 0) is 48.2 Å². The Bertz CT molecular complexity index is 938. The van der Waals surface area contributed by atoms with Crippen LogP contribution in [0.3, 0.4) is 0 Å². The number of fused-ring (bicyclic) bond motifs is 4. The summed E-state index contributed by atoms with van der Waals surface area (Å²) in [5, 5.41) is 14.2. The van der Waals surface area contributed by atoms with Crippen molar-refractivity contribution in [2.75, 3.05) is 0 Å². The highest BCUT2D eigenvalue weighted by atomic mass is 16.3. The Morgan fingerprint density at radius 3 is 2.84 bits per heavy atom. The number of hydrogen-bond donors (Lipinski definition) is 2. The van der Waals surface area contributed by atoms with Crippen LogP contribution in [0.25, 0.3) is 32.6 Å². The van der Waals surface area contributed by atoms with Gasteiger partial charge < -0.3 is 10.1 Å². The number of H-pyrrole nitrogens is 1. The standard InChI is InChI=1S/C16H12N2O/c1-9-12-4-5-17-8-10(12)6-14-13-7-11(19)2-3-15(13)18-16(9)14/h2-8,18-19H,1H3. The van der Waals surface area contributed by atoms with E-state index in [2.05, 4.69) is 23.0 Å². The van der Waals surface area contributed by atoms with Crippen LogP contribution in [0, 0.1) is 6.92 Å². The average molecular weight is 248 g/mol. The summed E-state index contributed by atoms with van der Waals surface area (Å²) >= 11 is 0. The normalized spacial score (nSPS) is 11.6. The van der Waals surface area contributed by atoms with Gasteiger partial charge in [-0.1, -0.05) is 0 Å². The number of aromatic hydroxyl groups is 1. The number of benzene rings is 2. The van der Waals surface area contributed by atoms with E-state index in [0.29, 0.717) is 0 Å². The largest absolute Gasteiger partial charge is 0.508 e. The highest BCUT2D eigenvalue weighted by Crippen LogP contribution is 2.33. The van der Waals surface area contributed by atoms with Gasteiger partial charge in [-0.15, -0.1) is 0 Å². The molecular weight excluding hydrogens is 236 g/mol. The molecule has 3 nitrogen and oxygen atoms in total. The Balaban J connectivity index is 2.30. The molecule has 4 rings (SSSR count). The third-order valence-electron chi connectivity index (χ3n) is 3.75. The van der Waals surface area contributed by atoms with Gasteiger partial charge in [0.05, 0.1) is 5.52 Å². The van der Waals surface area contributed by atoms with E-state index in [1.807, 2.05) is 24.5 Å². The molecule has 3 heteroatoms. The number of aromatic amines is 1. The van der Waals surface area contributed by atoms with Crippen molar-refractivity contribution in [1.29, 1.82) is 0 Å². The van der Waals surface area contributed by atoms with E-state index >= 15 is 0 Å². The molecule has 2 N–H and O–H groups in total. The molecule has 0 bridgehead atoms. The SMILES string of the molecule is Cc1c2ccncc2cc2c1[nH]c1ccc(O)cc12. The van der Waals surface area contributed by atoms with E-state index < -0.39 is 0 Å². The van der Waals surface area contributed by atoms with Crippen molar-refractivity contribution in [2.24, 2.45) is 0 Å². The number of hydrogen-bond acceptors (Lipinski definition) is 2. The summed E-state index contributed by atoms with van der Waals surface area (Å²) in [5.74, 6) is 0.289. The van der Waals surface area contributed by atoms with Crippen LogP contribution >= 0.6 is 0 Å². The lowest BCUT2D eigenvalue weighted by molar-refractivity contribution is 0.476. The number of aryl methyl sites for hydroxylation is 1. The van der Waals surface area contributed by atoms with E-state index in [9.17, 15) is 5.11 Å². The lowest BCUT2D eigenvalue weighted by atomic mass is 10.0. The van der Waals surface area contributed by atoms with Crippen molar-refractivity contribution >= 4 is 32.6 Å². The van der Waals surface area contributed by atoms with Crippen LogP contribution in [0.4, 0.5) is 0 Å². The molecule has 92 valence electrons. The Morgan fingerprint density at radius 1 is 1.05 bits per heavy atom. The van der Waals surface area contributed by atoms with E-state index in [4.69, 9.17) is 0 Å². The zero-order chi connectivity index (χ0) is 13.0. The molecule has 0 spiro atoms. The molecule has 0 unspecified atom stereocenters. The van der Waals surface area contributed by atoms with Gasteiger partial charge in [0.15, 0.2) is 0 Å². The van der Waals surface area contributed by atoms with Gasteiger partial charge in [0, 0.05) is 34.1 Å². The minimum atomic E-state index is 0.289. The van der Waals surface area contributed by atoms with Crippen LogP contribution in [0.15, 0.2) is 42.7 Å². The van der Waals surface area contributed by atoms with Crippen LogP contribution in [-0.4, -0.2) is 15.1 Å². The van der Waals surface area contributed by atoms with Gasteiger partial charge in [0.2, 0.25) is 0 Å². The molecule has 2 aromatic carbocycles. The fraction of sp³-hybridized carbons (Fsp3) is 0.0625. The van der Waals surface area contributed by atoms with Crippen molar-refractivity contribution in [3.63, 3.8) is 0 Å². The van der Waals surface area contributed by atoms with Crippen LogP contribution in [0.5, 0.6) is 5.75 Å². The number of phenols is 1. The Hall–Kier alpha value is -2.55. The van der Waals surface area contributed by atoms with Gasteiger partial charge in [-0.2, -0.15) is 0 Å². The first-order chi connectivity index (χ1) is 9.24. The summed E-state index contributed by atoms with van der Waals surface area (Å²) in [6, 6.07) is 9.58. The summed E-state index contributed by atoms with van der Waals surface area (Å²) < 4.78 is 0. The third-order valence-corrected chi connectivity index (χ3v) is 3.75. The minimum absolute atomic E-state index is 0.289. The molecule has 2 aromatic heterocycles. The third kappa shape index (κ3) is 1.35. The monoisotopic (exact) mass is 248 g/mol. The molecular formula is C16H12N2O. The number of pyridine rings is 1. The summed E-state index contributed by atoms with van der Waals surface area (Å²) in [7, 11) is 0. The first-order valence-corrected chi connectivity index (χ1v) is 6.22. The second kappa shape index (κ2) is 3.48. The highest BCUT2D eigenvalue weighted by Gasteiger charge is 2.10. The van der Waals surface area contributed by atoms with E-state index in [-0.39, 0.29) is 5.75 Å². The molecule has 0 radical (unpaired) electrons. The van der Waals surface area contributed by atoms with Gasteiger partial charge in [0.25, 0.3) is 0 Å². The summed E-state index contributed by atoms with van der Waals surface area (Å²) in [6.07, 6.45) is 3.69. The second-order valence-corrected chi connectivity index (χ2v) is 4.88. The molecule has 0 fully saturated rings. The Morgan fingerprint density at radius 2 is 1.95 bits per heavy atom. The first kappa shape index (κ1) is 10.4. The fourth-order valence-corrected chi connectivity index (χ4v) is 2.80. The van der Waals surface area contributed by atoms with Crippen LogP contribution in [0.2, 0.25) is 0 Å². The smallest absolute Gasteiger partial charge is 0.116 e. The summed E-state index contributed by atoms with van der Waals surface area (Å²) in [6.45, 7) is 2.11. The van der Waals surface area contributed by atoms with Crippen LogP contribution < -0.4 is 0 Å². The molecule has 0 aliphatic heterocycles.